The minimum atomic E-state index is -1.15. The first-order valence-electron chi connectivity index (χ1n) is 5.81. The normalized spacial score (nSPS) is 18.1. The lowest BCUT2D eigenvalue weighted by atomic mass is 9.97. The van der Waals surface area contributed by atoms with Crippen LogP contribution in [0.4, 0.5) is 21.5 Å². The summed E-state index contributed by atoms with van der Waals surface area (Å²) in [5.41, 5.74) is 10.1. The van der Waals surface area contributed by atoms with Crippen molar-refractivity contribution in [3.05, 3.63) is 16.9 Å². The molecule has 1 aliphatic rings. The molecule has 0 spiro atoms. The van der Waals surface area contributed by atoms with Gasteiger partial charge >= 0.3 is 0 Å². The number of nitrogens with one attached hydrogen (secondary N) is 1. The molecule has 1 aromatic rings. The summed E-state index contributed by atoms with van der Waals surface area (Å²) in [4.78, 5) is 24.7. The molecule has 0 unspecified atom stereocenters. The number of rotatable bonds is 1. The third-order valence-corrected chi connectivity index (χ3v) is 3.68. The minimum absolute atomic E-state index is 0.00369. The summed E-state index contributed by atoms with van der Waals surface area (Å²) in [5, 5.41) is 1.91. The van der Waals surface area contributed by atoms with Crippen LogP contribution in [-0.2, 0) is 9.59 Å². The molecule has 6 nitrogen and oxygen atoms in total. The average Bonchev–Trinajstić information content (AvgIpc) is 2.33. The van der Waals surface area contributed by atoms with Crippen LogP contribution in [0, 0.1) is 5.82 Å². The van der Waals surface area contributed by atoms with Gasteiger partial charge in [0, 0.05) is 0 Å². The molecule has 1 saturated heterocycles. The Kier molecular flexibility index (Phi) is 3.25. The predicted octanol–water partition coefficient (Wildman–Crippen LogP) is 0.885. The molecule has 2 amide bonds. The maximum Gasteiger partial charge on any atom is 0.251 e. The number of piperazine rings is 1. The maximum atomic E-state index is 14.3. The SMILES string of the molecule is CC1(C)C(=O)NC(=O)CN1c1c(N)cc(N)c(Cl)c1F. The number of anilines is 3. The van der Waals surface area contributed by atoms with Gasteiger partial charge in [0.05, 0.1) is 23.6 Å². The van der Waals surface area contributed by atoms with Crippen molar-refractivity contribution in [2.45, 2.75) is 19.4 Å². The molecule has 1 aromatic carbocycles. The number of hydrogen-bond acceptors (Lipinski definition) is 5. The van der Waals surface area contributed by atoms with Gasteiger partial charge < -0.3 is 16.4 Å². The molecule has 1 aliphatic heterocycles. The van der Waals surface area contributed by atoms with Gasteiger partial charge in [0.1, 0.15) is 10.6 Å². The summed E-state index contributed by atoms with van der Waals surface area (Å²) in [6.45, 7) is 2.90. The summed E-state index contributed by atoms with van der Waals surface area (Å²) >= 11 is 5.77. The standard InChI is InChI=1S/C12H14ClFN4O2/c1-12(2)11(20)17-7(19)4-18(12)10-6(16)3-5(15)8(13)9(10)14/h3H,4,15-16H2,1-2H3,(H,17,19,20). The highest BCUT2D eigenvalue weighted by atomic mass is 35.5. The zero-order valence-corrected chi connectivity index (χ0v) is 11.7. The van der Waals surface area contributed by atoms with E-state index >= 15 is 0 Å². The van der Waals surface area contributed by atoms with Crippen LogP contribution in [0.5, 0.6) is 0 Å². The van der Waals surface area contributed by atoms with E-state index in [1.54, 1.807) is 13.8 Å². The largest absolute Gasteiger partial charge is 0.397 e. The number of halogens is 2. The predicted molar refractivity (Wildman–Crippen MR) is 74.8 cm³/mol. The average molecular weight is 301 g/mol. The van der Waals surface area contributed by atoms with E-state index in [0.717, 1.165) is 0 Å². The van der Waals surface area contributed by atoms with Crippen molar-refractivity contribution in [3.63, 3.8) is 0 Å². The van der Waals surface area contributed by atoms with Crippen molar-refractivity contribution in [1.82, 2.24) is 5.32 Å². The van der Waals surface area contributed by atoms with Crippen molar-refractivity contribution in [2.75, 3.05) is 22.9 Å². The van der Waals surface area contributed by atoms with Crippen LogP contribution >= 0.6 is 11.6 Å². The Morgan fingerprint density at radius 3 is 2.55 bits per heavy atom. The van der Waals surface area contributed by atoms with Gasteiger partial charge in [0.15, 0.2) is 5.82 Å². The molecular weight excluding hydrogens is 287 g/mol. The second kappa shape index (κ2) is 4.52. The van der Waals surface area contributed by atoms with Crippen LogP contribution in [0.2, 0.25) is 5.02 Å². The van der Waals surface area contributed by atoms with Crippen molar-refractivity contribution in [1.29, 1.82) is 0 Å². The molecule has 108 valence electrons. The molecule has 0 bridgehead atoms. The van der Waals surface area contributed by atoms with Crippen molar-refractivity contribution in [3.8, 4) is 0 Å². The highest BCUT2D eigenvalue weighted by Crippen LogP contribution is 2.39. The Morgan fingerprint density at radius 2 is 1.95 bits per heavy atom. The lowest BCUT2D eigenvalue weighted by molar-refractivity contribution is -0.135. The van der Waals surface area contributed by atoms with E-state index in [0.29, 0.717) is 0 Å². The van der Waals surface area contributed by atoms with Gasteiger partial charge in [-0.25, -0.2) is 4.39 Å². The summed E-state index contributed by atoms with van der Waals surface area (Å²) in [7, 11) is 0. The van der Waals surface area contributed by atoms with Crippen LogP contribution in [0.25, 0.3) is 0 Å². The van der Waals surface area contributed by atoms with Crippen LogP contribution in [0.15, 0.2) is 6.07 Å². The third kappa shape index (κ3) is 2.03. The quantitative estimate of drug-likeness (QED) is 0.528. The van der Waals surface area contributed by atoms with E-state index in [4.69, 9.17) is 23.1 Å². The summed E-state index contributed by atoms with van der Waals surface area (Å²) in [5.74, 6) is -1.93. The molecule has 1 heterocycles. The van der Waals surface area contributed by atoms with Crippen molar-refractivity contribution >= 4 is 40.5 Å². The van der Waals surface area contributed by atoms with Crippen molar-refractivity contribution < 1.29 is 14.0 Å². The first-order chi connectivity index (χ1) is 9.16. The van der Waals surface area contributed by atoms with E-state index in [1.807, 2.05) is 0 Å². The first-order valence-corrected chi connectivity index (χ1v) is 6.19. The number of imide groups is 1. The van der Waals surface area contributed by atoms with Crippen molar-refractivity contribution in [2.24, 2.45) is 0 Å². The van der Waals surface area contributed by atoms with E-state index in [-0.39, 0.29) is 28.6 Å². The van der Waals surface area contributed by atoms with Gasteiger partial charge in [0.2, 0.25) is 5.91 Å². The van der Waals surface area contributed by atoms with Gasteiger partial charge in [-0.05, 0) is 19.9 Å². The summed E-state index contributed by atoms with van der Waals surface area (Å²) in [6.07, 6.45) is 0. The first kappa shape index (κ1) is 14.4. The molecular formula is C12H14ClFN4O2. The molecule has 0 atom stereocenters. The fourth-order valence-electron chi connectivity index (χ4n) is 2.07. The molecule has 0 saturated carbocycles. The van der Waals surface area contributed by atoms with Crippen LogP contribution in [0.1, 0.15) is 13.8 Å². The zero-order valence-electron chi connectivity index (χ0n) is 11.0. The maximum absolute atomic E-state index is 14.3. The number of carbonyl (C=O) groups excluding carboxylic acids is 2. The van der Waals surface area contributed by atoms with E-state index in [2.05, 4.69) is 5.32 Å². The van der Waals surface area contributed by atoms with E-state index in [1.165, 1.54) is 11.0 Å². The lowest BCUT2D eigenvalue weighted by Gasteiger charge is -2.42. The molecule has 8 heteroatoms. The highest BCUT2D eigenvalue weighted by Gasteiger charge is 2.43. The van der Waals surface area contributed by atoms with Gasteiger partial charge in [-0.1, -0.05) is 11.6 Å². The van der Waals surface area contributed by atoms with Gasteiger partial charge in [-0.15, -0.1) is 0 Å². The Morgan fingerprint density at radius 1 is 1.35 bits per heavy atom. The van der Waals surface area contributed by atoms with Crippen LogP contribution < -0.4 is 21.7 Å². The number of amides is 2. The number of benzene rings is 1. The van der Waals surface area contributed by atoms with Gasteiger partial charge in [0.25, 0.3) is 5.91 Å². The monoisotopic (exact) mass is 300 g/mol. The fraction of sp³-hybridized carbons (Fsp3) is 0.333. The summed E-state index contributed by atoms with van der Waals surface area (Å²) < 4.78 is 14.3. The number of hydrogen-bond donors (Lipinski definition) is 3. The Balaban J connectivity index is 2.63. The molecule has 5 N–H and O–H groups in total. The fourth-order valence-corrected chi connectivity index (χ4v) is 2.22. The third-order valence-electron chi connectivity index (χ3n) is 3.29. The molecule has 0 aromatic heterocycles. The second-order valence-corrected chi connectivity index (χ2v) is 5.43. The topological polar surface area (TPSA) is 101 Å². The Labute approximate surface area is 119 Å². The molecule has 20 heavy (non-hydrogen) atoms. The molecule has 0 aliphatic carbocycles. The second-order valence-electron chi connectivity index (χ2n) is 5.05. The zero-order chi connectivity index (χ0) is 15.2. The number of nitrogen functional groups attached to an aromatic ring is 2. The molecule has 2 rings (SSSR count). The molecule has 1 fully saturated rings. The van der Waals surface area contributed by atoms with Gasteiger partial charge in [-0.3, -0.25) is 14.9 Å². The van der Waals surface area contributed by atoms with Crippen LogP contribution in [0.3, 0.4) is 0 Å². The van der Waals surface area contributed by atoms with Gasteiger partial charge in [-0.2, -0.15) is 0 Å². The smallest absolute Gasteiger partial charge is 0.251 e. The number of carbonyl (C=O) groups is 2. The number of nitrogens with zero attached hydrogens (tertiary/aromatic N) is 1. The lowest BCUT2D eigenvalue weighted by Crippen LogP contribution is -2.64. The van der Waals surface area contributed by atoms with Crippen LogP contribution in [-0.4, -0.2) is 23.9 Å². The van der Waals surface area contributed by atoms with E-state index < -0.39 is 23.2 Å². The van der Waals surface area contributed by atoms with E-state index in [9.17, 15) is 14.0 Å². The Bertz CT molecular complexity index is 618. The Hall–Kier alpha value is -2.02. The number of nitrogens with two attached hydrogens (primary N) is 2. The molecule has 0 radical (unpaired) electrons. The highest BCUT2D eigenvalue weighted by molar-refractivity contribution is 6.33. The summed E-state index contributed by atoms with van der Waals surface area (Å²) in [6, 6.07) is 1.30. The minimum Gasteiger partial charge on any atom is -0.397 e.